The van der Waals surface area contributed by atoms with Crippen LogP contribution >= 0.6 is 0 Å². The third kappa shape index (κ3) is 5.11. The number of aliphatic hydroxyl groups is 4. The SMILES string of the molecule is CC(=O)N[C@H]1[C@@H](OC(=O)[C@@H](O)CC(=O)O)O[C@H](CO)[C@@H](O)[C@@H]1O. The molecule has 0 aliphatic carbocycles. The molecule has 0 bridgehead atoms. The third-order valence-corrected chi connectivity index (χ3v) is 3.12. The summed E-state index contributed by atoms with van der Waals surface area (Å²) in [4.78, 5) is 33.2. The molecule has 6 N–H and O–H groups in total. The summed E-state index contributed by atoms with van der Waals surface area (Å²) >= 11 is 0. The Labute approximate surface area is 130 Å². The van der Waals surface area contributed by atoms with Gasteiger partial charge < -0.3 is 40.3 Å². The number of esters is 1. The number of hydrogen-bond acceptors (Lipinski definition) is 9. The van der Waals surface area contributed by atoms with Crippen LogP contribution in [0.4, 0.5) is 0 Å². The van der Waals surface area contributed by atoms with Crippen LogP contribution in [0.1, 0.15) is 13.3 Å². The van der Waals surface area contributed by atoms with E-state index in [-0.39, 0.29) is 0 Å². The first-order valence-corrected chi connectivity index (χ1v) is 6.67. The summed E-state index contributed by atoms with van der Waals surface area (Å²) in [5.41, 5.74) is 0. The van der Waals surface area contributed by atoms with Gasteiger partial charge in [-0.3, -0.25) is 9.59 Å². The highest BCUT2D eigenvalue weighted by Gasteiger charge is 2.47. The number of hydrogen-bond donors (Lipinski definition) is 6. The maximum Gasteiger partial charge on any atom is 0.337 e. The van der Waals surface area contributed by atoms with Gasteiger partial charge in [0.15, 0.2) is 6.10 Å². The van der Waals surface area contributed by atoms with Crippen molar-refractivity contribution in [2.24, 2.45) is 0 Å². The summed E-state index contributed by atoms with van der Waals surface area (Å²) < 4.78 is 9.83. The first-order chi connectivity index (χ1) is 10.7. The van der Waals surface area contributed by atoms with Crippen LogP contribution in [0.5, 0.6) is 0 Å². The van der Waals surface area contributed by atoms with E-state index in [2.05, 4.69) is 5.32 Å². The molecule has 0 spiro atoms. The van der Waals surface area contributed by atoms with Gasteiger partial charge in [0.1, 0.15) is 24.4 Å². The lowest BCUT2D eigenvalue weighted by Gasteiger charge is -2.41. The van der Waals surface area contributed by atoms with Gasteiger partial charge in [-0.2, -0.15) is 0 Å². The normalized spacial score (nSPS) is 32.0. The van der Waals surface area contributed by atoms with E-state index in [0.29, 0.717) is 0 Å². The van der Waals surface area contributed by atoms with Gasteiger partial charge in [-0.1, -0.05) is 0 Å². The van der Waals surface area contributed by atoms with Gasteiger partial charge in [-0.15, -0.1) is 0 Å². The number of carboxylic acid groups (broad SMARTS) is 1. The smallest absolute Gasteiger partial charge is 0.337 e. The molecule has 1 fully saturated rings. The van der Waals surface area contributed by atoms with Crippen molar-refractivity contribution in [1.29, 1.82) is 0 Å². The number of carbonyl (C=O) groups is 3. The first-order valence-electron chi connectivity index (χ1n) is 6.67. The minimum absolute atomic E-state index is 0.626. The molecule has 132 valence electrons. The Kier molecular flexibility index (Phi) is 6.84. The van der Waals surface area contributed by atoms with E-state index in [0.717, 1.165) is 6.92 Å². The van der Waals surface area contributed by atoms with Crippen molar-refractivity contribution < 1.29 is 49.4 Å². The van der Waals surface area contributed by atoms with E-state index >= 15 is 0 Å². The van der Waals surface area contributed by atoms with Crippen LogP contribution in [0.15, 0.2) is 0 Å². The number of amides is 1. The van der Waals surface area contributed by atoms with Gasteiger partial charge in [-0.25, -0.2) is 4.79 Å². The van der Waals surface area contributed by atoms with E-state index in [1.165, 1.54) is 0 Å². The van der Waals surface area contributed by atoms with Crippen LogP contribution in [0.2, 0.25) is 0 Å². The molecule has 0 aromatic carbocycles. The summed E-state index contributed by atoms with van der Waals surface area (Å²) in [5, 5.41) is 48.9. The molecule has 1 aliphatic heterocycles. The molecule has 1 rings (SSSR count). The average Bonchev–Trinajstić information content (AvgIpc) is 2.45. The van der Waals surface area contributed by atoms with Gasteiger partial charge in [0.2, 0.25) is 12.2 Å². The molecule has 0 aromatic heterocycles. The Hall–Kier alpha value is -1.79. The lowest BCUT2D eigenvalue weighted by atomic mass is 9.97. The summed E-state index contributed by atoms with van der Waals surface area (Å²) in [6.45, 7) is 0.395. The number of carbonyl (C=O) groups excluding carboxylic acids is 2. The largest absolute Gasteiger partial charge is 0.481 e. The molecule has 23 heavy (non-hydrogen) atoms. The fourth-order valence-corrected chi connectivity index (χ4v) is 2.01. The van der Waals surface area contributed by atoms with Crippen LogP contribution in [0.25, 0.3) is 0 Å². The second-order valence-corrected chi connectivity index (χ2v) is 4.98. The molecule has 1 saturated heterocycles. The van der Waals surface area contributed by atoms with Crippen molar-refractivity contribution in [2.75, 3.05) is 6.61 Å². The van der Waals surface area contributed by atoms with E-state index in [9.17, 15) is 29.7 Å². The first kappa shape index (κ1) is 19.3. The van der Waals surface area contributed by atoms with Crippen molar-refractivity contribution in [1.82, 2.24) is 5.32 Å². The lowest BCUT2D eigenvalue weighted by molar-refractivity contribution is -0.266. The summed E-state index contributed by atoms with van der Waals surface area (Å²) in [6.07, 6.45) is -9.01. The number of ether oxygens (including phenoxy) is 2. The molecule has 0 saturated carbocycles. The van der Waals surface area contributed by atoms with Gasteiger partial charge in [0.05, 0.1) is 13.0 Å². The van der Waals surface area contributed by atoms with E-state index in [1.54, 1.807) is 0 Å². The fraction of sp³-hybridized carbons (Fsp3) is 0.750. The fourth-order valence-electron chi connectivity index (χ4n) is 2.01. The number of aliphatic carboxylic acids is 1. The Balaban J connectivity index is 2.86. The number of nitrogens with one attached hydrogen (secondary N) is 1. The average molecular weight is 337 g/mol. The molecule has 11 heteroatoms. The molecule has 1 aliphatic rings. The monoisotopic (exact) mass is 337 g/mol. The summed E-state index contributed by atoms with van der Waals surface area (Å²) in [6, 6.07) is -1.37. The Bertz CT molecular complexity index is 455. The third-order valence-electron chi connectivity index (χ3n) is 3.12. The molecular formula is C12H19NO10. The summed E-state index contributed by atoms with van der Waals surface area (Å²) in [5.74, 6) is -3.42. The standard InChI is InChI=1S/C12H19NO10/c1-4(15)13-8-10(20)9(19)6(3-14)22-12(8)23-11(21)5(16)2-7(17)18/h5-6,8-10,12,14,16,19-20H,2-3H2,1H3,(H,13,15)(H,17,18)/t5-,6+,8+,9+,10+,12+/m0/s1. The van der Waals surface area contributed by atoms with Gasteiger partial charge in [-0.05, 0) is 0 Å². The number of aliphatic hydroxyl groups excluding tert-OH is 4. The second-order valence-electron chi connectivity index (χ2n) is 4.98. The van der Waals surface area contributed by atoms with E-state index < -0.39 is 67.6 Å². The minimum atomic E-state index is -1.98. The summed E-state index contributed by atoms with van der Waals surface area (Å²) in [7, 11) is 0. The van der Waals surface area contributed by atoms with Crippen LogP contribution < -0.4 is 5.32 Å². The molecule has 6 atom stereocenters. The molecule has 0 radical (unpaired) electrons. The van der Waals surface area contributed by atoms with Crippen molar-refractivity contribution >= 4 is 17.8 Å². The molecule has 1 heterocycles. The molecule has 11 nitrogen and oxygen atoms in total. The minimum Gasteiger partial charge on any atom is -0.481 e. The van der Waals surface area contributed by atoms with Gasteiger partial charge in [0, 0.05) is 6.92 Å². The number of rotatable bonds is 6. The van der Waals surface area contributed by atoms with Crippen LogP contribution in [-0.2, 0) is 23.9 Å². The molecular weight excluding hydrogens is 318 g/mol. The molecule has 1 amide bonds. The molecule has 0 unspecified atom stereocenters. The number of carboxylic acids is 1. The highest BCUT2D eigenvalue weighted by Crippen LogP contribution is 2.22. The van der Waals surface area contributed by atoms with Crippen molar-refractivity contribution in [3.8, 4) is 0 Å². The van der Waals surface area contributed by atoms with Crippen molar-refractivity contribution in [3.05, 3.63) is 0 Å². The van der Waals surface area contributed by atoms with Gasteiger partial charge in [0.25, 0.3) is 0 Å². The van der Waals surface area contributed by atoms with E-state index in [4.69, 9.17) is 19.7 Å². The maximum atomic E-state index is 11.6. The second kappa shape index (κ2) is 8.17. The van der Waals surface area contributed by atoms with Crippen LogP contribution in [-0.4, -0.2) is 86.7 Å². The highest BCUT2D eigenvalue weighted by molar-refractivity contribution is 5.81. The van der Waals surface area contributed by atoms with E-state index in [1.807, 2.05) is 0 Å². The van der Waals surface area contributed by atoms with Gasteiger partial charge >= 0.3 is 11.9 Å². The Morgan fingerprint density at radius 3 is 2.35 bits per heavy atom. The van der Waals surface area contributed by atoms with Crippen LogP contribution in [0, 0.1) is 0 Å². The maximum absolute atomic E-state index is 11.6. The van der Waals surface area contributed by atoms with Crippen LogP contribution in [0.3, 0.4) is 0 Å². The highest BCUT2D eigenvalue weighted by atomic mass is 16.7. The zero-order valence-electron chi connectivity index (χ0n) is 12.2. The van der Waals surface area contributed by atoms with Crippen molar-refractivity contribution in [3.63, 3.8) is 0 Å². The molecule has 0 aromatic rings. The lowest BCUT2D eigenvalue weighted by Crippen LogP contribution is -2.65. The topological polar surface area (TPSA) is 183 Å². The predicted molar refractivity (Wildman–Crippen MR) is 69.7 cm³/mol. The predicted octanol–water partition coefficient (Wildman–Crippen LogP) is -3.69. The Morgan fingerprint density at radius 1 is 1.26 bits per heavy atom. The van der Waals surface area contributed by atoms with Crippen molar-refractivity contribution in [2.45, 2.75) is 50.1 Å². The Morgan fingerprint density at radius 2 is 1.87 bits per heavy atom. The zero-order chi connectivity index (χ0) is 17.7. The zero-order valence-corrected chi connectivity index (χ0v) is 12.2. The quantitative estimate of drug-likeness (QED) is 0.264.